The summed E-state index contributed by atoms with van der Waals surface area (Å²) in [6.45, 7) is 3.74. The van der Waals surface area contributed by atoms with Crippen molar-refractivity contribution in [3.05, 3.63) is 42.2 Å². The number of hydrogen-bond donors (Lipinski definition) is 0. The molecule has 30 heavy (non-hydrogen) atoms. The van der Waals surface area contributed by atoms with Gasteiger partial charge in [0.25, 0.3) is 0 Å². The van der Waals surface area contributed by atoms with Crippen molar-refractivity contribution in [3.63, 3.8) is 0 Å². The number of anilines is 1. The number of nitrogens with zero attached hydrogens (tertiary/aromatic N) is 5. The average Bonchev–Trinajstić information content (AvgIpc) is 2.79. The molecule has 0 radical (unpaired) electrons. The van der Waals surface area contributed by atoms with Crippen LogP contribution in [-0.2, 0) is 4.79 Å². The molecular weight excluding hydrogens is 381 g/mol. The Labute approximate surface area is 177 Å². The summed E-state index contributed by atoms with van der Waals surface area (Å²) in [4.78, 5) is 19.5. The van der Waals surface area contributed by atoms with Crippen LogP contribution in [-0.4, -0.2) is 72.2 Å². The zero-order valence-electron chi connectivity index (χ0n) is 17.8. The van der Waals surface area contributed by atoms with Gasteiger partial charge in [-0.3, -0.25) is 4.79 Å². The Hall–Kier alpha value is -2.54. The van der Waals surface area contributed by atoms with Crippen molar-refractivity contribution in [2.75, 3.05) is 45.2 Å². The van der Waals surface area contributed by atoms with Gasteiger partial charge in [0.15, 0.2) is 5.82 Å². The Balaban J connectivity index is 1.31. The van der Waals surface area contributed by atoms with Crippen molar-refractivity contribution in [3.8, 4) is 11.3 Å². The fourth-order valence-corrected chi connectivity index (χ4v) is 4.47. The number of hydrogen-bond acceptors (Lipinski definition) is 5. The molecule has 1 amide bonds. The van der Waals surface area contributed by atoms with E-state index in [-0.39, 0.29) is 11.7 Å². The standard InChI is InChI=1S/C23H30FN5O/c1-27-13-11-20(12-14-27)28(2)23(30)18-9-15-29(16-10-18)22-8-7-21(25-26-22)17-3-5-19(24)6-4-17/h3-8,18,20H,9-16H2,1-2H3. The maximum Gasteiger partial charge on any atom is 0.225 e. The van der Waals surface area contributed by atoms with Crippen LogP contribution >= 0.6 is 0 Å². The van der Waals surface area contributed by atoms with Crippen molar-refractivity contribution in [1.29, 1.82) is 0 Å². The van der Waals surface area contributed by atoms with Crippen LogP contribution in [0.1, 0.15) is 25.7 Å². The largest absolute Gasteiger partial charge is 0.355 e. The summed E-state index contributed by atoms with van der Waals surface area (Å²) in [7, 11) is 4.12. The van der Waals surface area contributed by atoms with E-state index in [9.17, 15) is 9.18 Å². The molecule has 3 heterocycles. The quantitative estimate of drug-likeness (QED) is 0.774. The van der Waals surface area contributed by atoms with Gasteiger partial charge < -0.3 is 14.7 Å². The van der Waals surface area contributed by atoms with E-state index in [1.165, 1.54) is 12.1 Å². The Kier molecular flexibility index (Phi) is 6.27. The lowest BCUT2D eigenvalue weighted by Crippen LogP contribution is -2.48. The first-order chi connectivity index (χ1) is 14.5. The SMILES string of the molecule is CN1CCC(N(C)C(=O)C2CCN(c3ccc(-c4ccc(F)cc4)nn3)CC2)CC1. The maximum absolute atomic E-state index is 13.1. The molecule has 7 heteroatoms. The summed E-state index contributed by atoms with van der Waals surface area (Å²) in [5.74, 6) is 0.956. The molecule has 6 nitrogen and oxygen atoms in total. The molecule has 0 spiro atoms. The topological polar surface area (TPSA) is 52.6 Å². The second-order valence-corrected chi connectivity index (χ2v) is 8.53. The molecule has 1 aromatic heterocycles. The van der Waals surface area contributed by atoms with E-state index >= 15 is 0 Å². The molecule has 4 rings (SSSR count). The third-order valence-electron chi connectivity index (χ3n) is 6.54. The van der Waals surface area contributed by atoms with Gasteiger partial charge in [0, 0.05) is 37.7 Å². The molecule has 0 aliphatic carbocycles. The predicted molar refractivity (Wildman–Crippen MR) is 116 cm³/mol. The summed E-state index contributed by atoms with van der Waals surface area (Å²) in [6.07, 6.45) is 3.82. The molecule has 1 aromatic carbocycles. The summed E-state index contributed by atoms with van der Waals surface area (Å²) >= 11 is 0. The van der Waals surface area contributed by atoms with Gasteiger partial charge in [-0.1, -0.05) is 0 Å². The number of piperidine rings is 2. The van der Waals surface area contributed by atoms with E-state index in [1.807, 2.05) is 24.1 Å². The second kappa shape index (κ2) is 9.08. The molecule has 2 aromatic rings. The molecular formula is C23H30FN5O. The molecule has 160 valence electrons. The number of amides is 1. The molecule has 2 saturated heterocycles. The molecule has 0 unspecified atom stereocenters. The molecule has 0 N–H and O–H groups in total. The van der Waals surface area contributed by atoms with Crippen molar-refractivity contribution in [2.24, 2.45) is 5.92 Å². The number of benzene rings is 1. The fourth-order valence-electron chi connectivity index (χ4n) is 4.47. The van der Waals surface area contributed by atoms with E-state index in [4.69, 9.17) is 0 Å². The first-order valence-corrected chi connectivity index (χ1v) is 10.8. The molecule has 2 fully saturated rings. The van der Waals surface area contributed by atoms with E-state index < -0.39 is 0 Å². The summed E-state index contributed by atoms with van der Waals surface area (Å²) in [6, 6.07) is 10.5. The van der Waals surface area contributed by atoms with Crippen molar-refractivity contribution >= 4 is 11.7 Å². The van der Waals surface area contributed by atoms with Gasteiger partial charge in [0.05, 0.1) is 5.69 Å². The number of carbonyl (C=O) groups excluding carboxylic acids is 1. The van der Waals surface area contributed by atoms with Gasteiger partial charge in [-0.05, 0) is 82.2 Å². The summed E-state index contributed by atoms with van der Waals surface area (Å²) in [5.41, 5.74) is 1.57. The van der Waals surface area contributed by atoms with Crippen LogP contribution < -0.4 is 4.90 Å². The minimum absolute atomic E-state index is 0.0948. The highest BCUT2D eigenvalue weighted by Gasteiger charge is 2.31. The van der Waals surface area contributed by atoms with Gasteiger partial charge in [-0.2, -0.15) is 0 Å². The lowest BCUT2D eigenvalue weighted by Gasteiger charge is -2.38. The Bertz CT molecular complexity index is 841. The highest BCUT2D eigenvalue weighted by molar-refractivity contribution is 5.79. The first kappa shape index (κ1) is 20.7. The van der Waals surface area contributed by atoms with E-state index in [1.54, 1.807) is 12.1 Å². The highest BCUT2D eigenvalue weighted by atomic mass is 19.1. The first-order valence-electron chi connectivity index (χ1n) is 10.8. The smallest absolute Gasteiger partial charge is 0.225 e. The number of halogens is 1. The summed E-state index contributed by atoms with van der Waals surface area (Å²) < 4.78 is 13.1. The maximum atomic E-state index is 13.1. The third kappa shape index (κ3) is 4.61. The lowest BCUT2D eigenvalue weighted by atomic mass is 9.93. The van der Waals surface area contributed by atoms with Crippen molar-refractivity contribution in [2.45, 2.75) is 31.7 Å². The van der Waals surface area contributed by atoms with Crippen molar-refractivity contribution < 1.29 is 9.18 Å². The van der Waals surface area contributed by atoms with Gasteiger partial charge in [0.2, 0.25) is 5.91 Å². The monoisotopic (exact) mass is 411 g/mol. The minimum Gasteiger partial charge on any atom is -0.355 e. The minimum atomic E-state index is -0.262. The molecule has 0 saturated carbocycles. The van der Waals surface area contributed by atoms with Gasteiger partial charge in [0.1, 0.15) is 5.82 Å². The molecule has 2 aliphatic rings. The predicted octanol–water partition coefficient (Wildman–Crippen LogP) is 3.05. The third-order valence-corrected chi connectivity index (χ3v) is 6.54. The second-order valence-electron chi connectivity index (χ2n) is 8.53. The molecule has 2 aliphatic heterocycles. The van der Waals surface area contributed by atoms with Crippen LogP contribution in [0.2, 0.25) is 0 Å². The van der Waals surface area contributed by atoms with Crippen LogP contribution in [0.5, 0.6) is 0 Å². The van der Waals surface area contributed by atoms with Crippen LogP contribution in [0.25, 0.3) is 11.3 Å². The van der Waals surface area contributed by atoms with E-state index in [0.717, 1.165) is 68.9 Å². The molecule has 0 atom stereocenters. The number of carbonyl (C=O) groups is 1. The van der Waals surface area contributed by atoms with E-state index in [0.29, 0.717) is 11.9 Å². The zero-order valence-corrected chi connectivity index (χ0v) is 17.8. The number of likely N-dealkylation sites (tertiary alicyclic amines) is 1. The Morgan fingerprint density at radius 3 is 2.23 bits per heavy atom. The highest BCUT2D eigenvalue weighted by Crippen LogP contribution is 2.26. The van der Waals surface area contributed by atoms with Crippen LogP contribution in [0.3, 0.4) is 0 Å². The Morgan fingerprint density at radius 1 is 0.967 bits per heavy atom. The van der Waals surface area contributed by atoms with Crippen LogP contribution in [0.15, 0.2) is 36.4 Å². The lowest BCUT2D eigenvalue weighted by molar-refractivity contribution is -0.137. The fraction of sp³-hybridized carbons (Fsp3) is 0.522. The number of rotatable bonds is 4. The van der Waals surface area contributed by atoms with Gasteiger partial charge in [-0.25, -0.2) is 4.39 Å². The van der Waals surface area contributed by atoms with Crippen LogP contribution in [0.4, 0.5) is 10.2 Å². The van der Waals surface area contributed by atoms with Crippen LogP contribution in [0, 0.1) is 11.7 Å². The van der Waals surface area contributed by atoms with Gasteiger partial charge in [-0.15, -0.1) is 10.2 Å². The normalized spacial score (nSPS) is 19.1. The van der Waals surface area contributed by atoms with Gasteiger partial charge >= 0.3 is 0 Å². The van der Waals surface area contributed by atoms with Crippen molar-refractivity contribution in [1.82, 2.24) is 20.0 Å². The molecule has 0 bridgehead atoms. The summed E-state index contributed by atoms with van der Waals surface area (Å²) in [5, 5.41) is 8.68. The average molecular weight is 412 g/mol. The Morgan fingerprint density at radius 2 is 1.63 bits per heavy atom. The van der Waals surface area contributed by atoms with E-state index in [2.05, 4.69) is 27.0 Å². The zero-order chi connectivity index (χ0) is 21.1. The number of aromatic nitrogens is 2.